The van der Waals surface area contributed by atoms with Gasteiger partial charge in [0.2, 0.25) is 0 Å². The van der Waals surface area contributed by atoms with E-state index >= 15 is 0 Å². The Balaban J connectivity index is 1.86. The van der Waals surface area contributed by atoms with E-state index in [0.29, 0.717) is 10.4 Å². The summed E-state index contributed by atoms with van der Waals surface area (Å²) in [6, 6.07) is 11.1. The van der Waals surface area contributed by atoms with Crippen molar-refractivity contribution in [3.05, 3.63) is 84.7 Å². The van der Waals surface area contributed by atoms with Crippen molar-refractivity contribution < 1.29 is 14.8 Å². The minimum Gasteiger partial charge on any atom is -0.378 e. The van der Waals surface area contributed by atoms with Crippen molar-refractivity contribution in [2.24, 2.45) is 0 Å². The first kappa shape index (κ1) is 17.3. The maximum absolute atomic E-state index is 12.4. The first-order valence-electron chi connectivity index (χ1n) is 7.33. The number of nitro groups is 1. The van der Waals surface area contributed by atoms with Crippen LogP contribution < -0.4 is 5.32 Å². The second kappa shape index (κ2) is 7.14. The molecule has 2 heterocycles. The maximum atomic E-state index is 12.4. The number of nitrogens with zero attached hydrogens (tertiary/aromatic N) is 1. The third-order valence-electron chi connectivity index (χ3n) is 3.78. The SMILES string of the molecule is O=C(NCC(O)(c1ccsc1)c1cccs1)c1ccccc1[N+](=O)[O-]. The standard InChI is InChI=1S/C17H14N2O4S2/c20-16(13-4-1-2-5-14(13)19(22)23)18-11-17(21,12-7-9-24-10-12)15-6-3-8-25-15/h1-10,21H,11H2,(H,18,20). The van der Waals surface area contributed by atoms with Crippen LogP contribution in [0.3, 0.4) is 0 Å². The van der Waals surface area contributed by atoms with Gasteiger partial charge in [0.25, 0.3) is 11.6 Å². The van der Waals surface area contributed by atoms with E-state index < -0.39 is 16.4 Å². The Labute approximate surface area is 151 Å². The largest absolute Gasteiger partial charge is 0.378 e. The Kier molecular flexibility index (Phi) is 4.93. The van der Waals surface area contributed by atoms with E-state index in [9.17, 15) is 20.0 Å². The molecule has 1 aromatic carbocycles. The lowest BCUT2D eigenvalue weighted by molar-refractivity contribution is -0.385. The normalized spacial score (nSPS) is 13.2. The lowest BCUT2D eigenvalue weighted by atomic mass is 9.94. The summed E-state index contributed by atoms with van der Waals surface area (Å²) in [5.41, 5.74) is -1.02. The van der Waals surface area contributed by atoms with Gasteiger partial charge >= 0.3 is 0 Å². The van der Waals surface area contributed by atoms with Gasteiger partial charge in [-0.15, -0.1) is 11.3 Å². The number of rotatable bonds is 6. The van der Waals surface area contributed by atoms with Crippen LogP contribution >= 0.6 is 22.7 Å². The Morgan fingerprint density at radius 1 is 1.20 bits per heavy atom. The molecule has 0 bridgehead atoms. The highest BCUT2D eigenvalue weighted by atomic mass is 32.1. The molecule has 0 radical (unpaired) electrons. The molecule has 0 aliphatic rings. The molecule has 2 aromatic heterocycles. The van der Waals surface area contributed by atoms with Crippen molar-refractivity contribution in [2.45, 2.75) is 5.60 Å². The fraction of sp³-hybridized carbons (Fsp3) is 0.118. The molecule has 0 aliphatic carbocycles. The third-order valence-corrected chi connectivity index (χ3v) is 5.48. The van der Waals surface area contributed by atoms with Gasteiger partial charge in [-0.25, -0.2) is 0 Å². The van der Waals surface area contributed by atoms with Gasteiger partial charge in [0.05, 0.1) is 11.5 Å². The second-order valence-corrected chi connectivity index (χ2v) is 7.03. The van der Waals surface area contributed by atoms with Crippen LogP contribution in [-0.4, -0.2) is 22.5 Å². The van der Waals surface area contributed by atoms with E-state index in [-0.39, 0.29) is 17.8 Å². The summed E-state index contributed by atoms with van der Waals surface area (Å²) < 4.78 is 0. The lowest BCUT2D eigenvalue weighted by Crippen LogP contribution is -2.41. The number of nitro benzene ring substituents is 1. The number of nitrogens with one attached hydrogen (secondary N) is 1. The molecular formula is C17H14N2O4S2. The number of benzene rings is 1. The van der Waals surface area contributed by atoms with Crippen molar-refractivity contribution in [3.8, 4) is 0 Å². The van der Waals surface area contributed by atoms with Crippen LogP contribution in [0.4, 0.5) is 5.69 Å². The molecule has 3 aromatic rings. The molecule has 8 heteroatoms. The Hall–Kier alpha value is -2.55. The second-order valence-electron chi connectivity index (χ2n) is 5.31. The summed E-state index contributed by atoms with van der Waals surface area (Å²) in [4.78, 5) is 23.6. The van der Waals surface area contributed by atoms with Gasteiger partial charge in [0.1, 0.15) is 11.2 Å². The number of para-hydroxylation sites is 1. The number of carbonyl (C=O) groups is 1. The molecule has 3 rings (SSSR count). The Bertz CT molecular complexity index is 842. The number of amides is 1. The van der Waals surface area contributed by atoms with Crippen LogP contribution in [0.1, 0.15) is 20.8 Å². The summed E-state index contributed by atoms with van der Waals surface area (Å²) in [5.74, 6) is -0.600. The van der Waals surface area contributed by atoms with Gasteiger partial charge in [0.15, 0.2) is 0 Å². The topological polar surface area (TPSA) is 92.5 Å². The van der Waals surface area contributed by atoms with Crippen LogP contribution in [0.25, 0.3) is 0 Å². The zero-order valence-electron chi connectivity index (χ0n) is 12.9. The van der Waals surface area contributed by atoms with Crippen molar-refractivity contribution in [2.75, 3.05) is 6.54 Å². The Morgan fingerprint density at radius 2 is 2.00 bits per heavy atom. The van der Waals surface area contributed by atoms with Crippen molar-refractivity contribution in [1.82, 2.24) is 5.32 Å². The Morgan fingerprint density at radius 3 is 2.64 bits per heavy atom. The molecular weight excluding hydrogens is 360 g/mol. The smallest absolute Gasteiger partial charge is 0.282 e. The molecule has 0 fully saturated rings. The van der Waals surface area contributed by atoms with Gasteiger partial charge in [-0.2, -0.15) is 11.3 Å². The molecule has 25 heavy (non-hydrogen) atoms. The molecule has 2 N–H and O–H groups in total. The first-order chi connectivity index (χ1) is 12.0. The van der Waals surface area contributed by atoms with Crippen LogP contribution in [0, 0.1) is 10.1 Å². The average molecular weight is 374 g/mol. The van der Waals surface area contributed by atoms with E-state index in [1.165, 1.54) is 40.9 Å². The third kappa shape index (κ3) is 3.46. The summed E-state index contributed by atoms with van der Waals surface area (Å²) in [6.07, 6.45) is 0. The number of hydrogen-bond donors (Lipinski definition) is 2. The monoisotopic (exact) mass is 374 g/mol. The number of carbonyl (C=O) groups excluding carboxylic acids is 1. The van der Waals surface area contributed by atoms with Gasteiger partial charge in [-0.1, -0.05) is 18.2 Å². The highest BCUT2D eigenvalue weighted by Gasteiger charge is 2.34. The predicted octanol–water partition coefficient (Wildman–Crippen LogP) is 3.38. The molecule has 0 saturated heterocycles. The van der Waals surface area contributed by atoms with Gasteiger partial charge in [-0.05, 0) is 34.3 Å². The van der Waals surface area contributed by atoms with Gasteiger partial charge < -0.3 is 10.4 Å². The van der Waals surface area contributed by atoms with Crippen molar-refractivity contribution in [3.63, 3.8) is 0 Å². The quantitative estimate of drug-likeness (QED) is 0.511. The number of aliphatic hydroxyl groups is 1. The summed E-state index contributed by atoms with van der Waals surface area (Å²) in [5, 5.41) is 30.4. The van der Waals surface area contributed by atoms with Crippen molar-refractivity contribution >= 4 is 34.3 Å². The highest BCUT2D eigenvalue weighted by molar-refractivity contribution is 7.10. The predicted molar refractivity (Wildman–Crippen MR) is 97.1 cm³/mol. The number of hydrogen-bond acceptors (Lipinski definition) is 6. The minimum atomic E-state index is -1.38. The van der Waals surface area contributed by atoms with Crippen LogP contribution in [0.5, 0.6) is 0 Å². The lowest BCUT2D eigenvalue weighted by Gasteiger charge is -2.27. The van der Waals surface area contributed by atoms with E-state index in [2.05, 4.69) is 5.32 Å². The zero-order chi connectivity index (χ0) is 17.9. The molecule has 128 valence electrons. The summed E-state index contributed by atoms with van der Waals surface area (Å²) in [6.45, 7) is -0.0882. The van der Waals surface area contributed by atoms with E-state index in [4.69, 9.17) is 0 Å². The molecule has 0 spiro atoms. The molecule has 1 unspecified atom stereocenters. The maximum Gasteiger partial charge on any atom is 0.282 e. The molecule has 6 nitrogen and oxygen atoms in total. The first-order valence-corrected chi connectivity index (χ1v) is 9.15. The summed E-state index contributed by atoms with van der Waals surface area (Å²) in [7, 11) is 0. The molecule has 1 atom stereocenters. The van der Waals surface area contributed by atoms with Crippen molar-refractivity contribution in [1.29, 1.82) is 0 Å². The summed E-state index contributed by atoms with van der Waals surface area (Å²) >= 11 is 2.82. The van der Waals surface area contributed by atoms with E-state index in [1.54, 1.807) is 18.2 Å². The van der Waals surface area contributed by atoms with E-state index in [0.717, 1.165) is 0 Å². The average Bonchev–Trinajstić information content (AvgIpc) is 3.33. The van der Waals surface area contributed by atoms with Crippen LogP contribution in [0.15, 0.2) is 58.6 Å². The molecule has 0 saturated carbocycles. The highest BCUT2D eigenvalue weighted by Crippen LogP contribution is 2.33. The molecule has 1 amide bonds. The fourth-order valence-electron chi connectivity index (χ4n) is 2.47. The zero-order valence-corrected chi connectivity index (χ0v) is 14.5. The van der Waals surface area contributed by atoms with Gasteiger partial charge in [0, 0.05) is 16.5 Å². The van der Waals surface area contributed by atoms with Crippen LogP contribution in [-0.2, 0) is 5.60 Å². The molecule has 0 aliphatic heterocycles. The fourth-order valence-corrected chi connectivity index (χ4v) is 4.04. The van der Waals surface area contributed by atoms with Gasteiger partial charge in [-0.3, -0.25) is 14.9 Å². The van der Waals surface area contributed by atoms with Crippen LogP contribution in [0.2, 0.25) is 0 Å². The van der Waals surface area contributed by atoms with E-state index in [1.807, 2.05) is 22.2 Å². The number of thiophene rings is 2. The minimum absolute atomic E-state index is 0.0358.